The van der Waals surface area contributed by atoms with E-state index in [2.05, 4.69) is 15.0 Å². The molecule has 0 spiro atoms. The molecule has 0 unspecified atom stereocenters. The van der Waals surface area contributed by atoms with Gasteiger partial charge in [-0.2, -0.15) is 0 Å². The highest BCUT2D eigenvalue weighted by Gasteiger charge is 2.13. The fraction of sp³-hybridized carbons (Fsp3) is 0.222. The quantitative estimate of drug-likeness (QED) is 0.489. The average molecular weight is 387 g/mol. The van der Waals surface area contributed by atoms with Gasteiger partial charge in [0.05, 0.1) is 32.0 Å². The van der Waals surface area contributed by atoms with Crippen LogP contribution in [0, 0.1) is 0 Å². The van der Waals surface area contributed by atoms with Gasteiger partial charge in [-0.1, -0.05) is 6.07 Å². The van der Waals surface area contributed by atoms with Crippen molar-refractivity contribution in [2.75, 3.05) is 13.7 Å². The van der Waals surface area contributed by atoms with Crippen LogP contribution in [-0.2, 0) is 16.0 Å². The zero-order valence-corrected chi connectivity index (χ0v) is 15.5. The minimum Gasteiger partial charge on any atom is -0.497 e. The highest BCUT2D eigenvalue weighted by Crippen LogP contribution is 2.28. The Hall–Kier alpha value is -3.20. The predicted molar refractivity (Wildman–Crippen MR) is 99.9 cm³/mol. The third-order valence-electron chi connectivity index (χ3n) is 3.42. The summed E-state index contributed by atoms with van der Waals surface area (Å²) in [6.45, 7) is 2.08. The Labute approximate surface area is 159 Å². The lowest BCUT2D eigenvalue weighted by molar-refractivity contribution is -0.142. The molecule has 2 aromatic heterocycles. The van der Waals surface area contributed by atoms with Crippen molar-refractivity contribution < 1.29 is 23.8 Å². The van der Waals surface area contributed by atoms with Crippen molar-refractivity contribution in [1.29, 1.82) is 0 Å². The van der Waals surface area contributed by atoms with E-state index in [0.717, 1.165) is 0 Å². The smallest absolute Gasteiger partial charge is 0.312 e. The second kappa shape index (κ2) is 8.45. The largest absolute Gasteiger partial charge is 0.497 e. The van der Waals surface area contributed by atoms with E-state index in [1.54, 1.807) is 43.7 Å². The Bertz CT molecular complexity index is 964. The van der Waals surface area contributed by atoms with Crippen LogP contribution in [0.4, 0.5) is 5.13 Å². The van der Waals surface area contributed by atoms with E-state index >= 15 is 0 Å². The maximum absolute atomic E-state index is 11.5. The van der Waals surface area contributed by atoms with Crippen molar-refractivity contribution in [3.8, 4) is 23.1 Å². The summed E-state index contributed by atoms with van der Waals surface area (Å²) in [5.74, 6) is 0.211. The fourth-order valence-electron chi connectivity index (χ4n) is 2.20. The number of esters is 1. The molecular weight excluding hydrogens is 370 g/mol. The second-order valence-electron chi connectivity index (χ2n) is 5.30. The van der Waals surface area contributed by atoms with Crippen LogP contribution in [0.15, 0.2) is 39.1 Å². The zero-order chi connectivity index (χ0) is 19.2. The lowest BCUT2D eigenvalue weighted by atomic mass is 10.2. The Balaban J connectivity index is 1.73. The number of oxazole rings is 1. The third-order valence-corrected chi connectivity index (χ3v) is 4.22. The number of benzene rings is 1. The van der Waals surface area contributed by atoms with Crippen LogP contribution in [0.25, 0.3) is 11.5 Å². The minimum atomic E-state index is -0.347. The first-order valence-electron chi connectivity index (χ1n) is 8.07. The Morgan fingerprint density at radius 1 is 1.41 bits per heavy atom. The third kappa shape index (κ3) is 4.70. The molecule has 8 nitrogen and oxygen atoms in total. The molecule has 0 fully saturated rings. The molecule has 3 rings (SSSR count). The molecule has 9 heteroatoms. The standard InChI is InChI=1S/C18H17N3O5S/c1-3-25-15(22)8-12-10-27-18(20-12)19-9-14-17(23)26-16(21-14)11-5-4-6-13(7-11)24-2/h4-7,9-10,23H,3,8H2,1-2H3. The number of ether oxygens (including phenoxy) is 2. The molecule has 0 bridgehead atoms. The molecule has 1 N–H and O–H groups in total. The molecule has 27 heavy (non-hydrogen) atoms. The molecular formula is C18H17N3O5S. The molecule has 0 saturated carbocycles. The summed E-state index contributed by atoms with van der Waals surface area (Å²) >= 11 is 1.27. The van der Waals surface area contributed by atoms with E-state index in [4.69, 9.17) is 13.9 Å². The van der Waals surface area contributed by atoms with Crippen LogP contribution in [0.2, 0.25) is 0 Å². The highest BCUT2D eigenvalue weighted by molar-refractivity contribution is 7.13. The van der Waals surface area contributed by atoms with Gasteiger partial charge in [0.25, 0.3) is 0 Å². The van der Waals surface area contributed by atoms with Gasteiger partial charge in [-0.15, -0.1) is 11.3 Å². The number of hydrogen-bond acceptors (Lipinski definition) is 9. The summed E-state index contributed by atoms with van der Waals surface area (Å²) in [5, 5.41) is 12.1. The van der Waals surface area contributed by atoms with Crippen LogP contribution in [0.5, 0.6) is 11.7 Å². The molecule has 0 aliphatic heterocycles. The Morgan fingerprint density at radius 2 is 2.26 bits per heavy atom. The number of carbonyl (C=O) groups excluding carboxylic acids is 1. The molecule has 0 radical (unpaired) electrons. The monoisotopic (exact) mass is 387 g/mol. The molecule has 1 aromatic carbocycles. The summed E-state index contributed by atoms with van der Waals surface area (Å²) in [7, 11) is 1.56. The van der Waals surface area contributed by atoms with Gasteiger partial charge in [-0.05, 0) is 25.1 Å². The summed E-state index contributed by atoms with van der Waals surface area (Å²) in [4.78, 5) is 24.1. The number of methoxy groups -OCH3 is 1. The van der Waals surface area contributed by atoms with Crippen LogP contribution in [-0.4, -0.2) is 41.0 Å². The number of hydrogen-bond donors (Lipinski definition) is 1. The number of rotatable bonds is 7. The number of aromatic nitrogens is 2. The van der Waals surface area contributed by atoms with E-state index in [9.17, 15) is 9.90 Å². The van der Waals surface area contributed by atoms with Gasteiger partial charge in [-0.25, -0.2) is 15.0 Å². The number of thiazole rings is 1. The van der Waals surface area contributed by atoms with Crippen molar-refractivity contribution in [1.82, 2.24) is 9.97 Å². The Morgan fingerprint density at radius 3 is 3.04 bits per heavy atom. The summed E-state index contributed by atoms with van der Waals surface area (Å²) in [5.41, 5.74) is 1.41. The first-order valence-corrected chi connectivity index (χ1v) is 8.95. The van der Waals surface area contributed by atoms with E-state index in [0.29, 0.717) is 28.7 Å². The molecule has 0 amide bonds. The summed E-state index contributed by atoms with van der Waals surface area (Å²) in [6.07, 6.45) is 1.45. The molecule has 0 aliphatic rings. The van der Waals surface area contributed by atoms with Crippen molar-refractivity contribution in [3.63, 3.8) is 0 Å². The number of nitrogens with zero attached hydrogens (tertiary/aromatic N) is 3. The fourth-order valence-corrected chi connectivity index (χ4v) is 2.86. The summed E-state index contributed by atoms with van der Waals surface area (Å²) in [6, 6.07) is 7.13. The topological polar surface area (TPSA) is 107 Å². The van der Waals surface area contributed by atoms with Crippen molar-refractivity contribution in [2.45, 2.75) is 13.3 Å². The number of aromatic hydroxyl groups is 1. The molecule has 2 heterocycles. The SMILES string of the molecule is CCOC(=O)Cc1csc(N=Cc2nc(-c3cccc(OC)c3)oc2O)n1. The van der Waals surface area contributed by atoms with Crippen LogP contribution >= 0.6 is 11.3 Å². The normalized spacial score (nSPS) is 11.0. The van der Waals surface area contributed by atoms with Crippen LogP contribution in [0.3, 0.4) is 0 Å². The van der Waals surface area contributed by atoms with Gasteiger partial charge in [-0.3, -0.25) is 4.79 Å². The van der Waals surface area contributed by atoms with E-state index < -0.39 is 0 Å². The van der Waals surface area contributed by atoms with Gasteiger partial charge >= 0.3 is 11.9 Å². The van der Waals surface area contributed by atoms with Gasteiger partial charge < -0.3 is 19.0 Å². The average Bonchev–Trinajstić information content (AvgIpc) is 3.26. The van der Waals surface area contributed by atoms with Crippen LogP contribution < -0.4 is 4.74 Å². The van der Waals surface area contributed by atoms with E-state index in [1.807, 2.05) is 0 Å². The lowest BCUT2D eigenvalue weighted by Crippen LogP contribution is -2.07. The predicted octanol–water partition coefficient (Wildman–Crippen LogP) is 3.37. The maximum Gasteiger partial charge on any atom is 0.312 e. The maximum atomic E-state index is 11.5. The molecule has 0 aliphatic carbocycles. The first-order chi connectivity index (χ1) is 13.1. The number of carbonyl (C=O) groups is 1. The Kier molecular flexibility index (Phi) is 5.82. The van der Waals surface area contributed by atoms with Gasteiger partial charge in [0.15, 0.2) is 5.69 Å². The second-order valence-corrected chi connectivity index (χ2v) is 6.14. The van der Waals surface area contributed by atoms with Crippen LogP contribution in [0.1, 0.15) is 18.3 Å². The first kappa shape index (κ1) is 18.6. The van der Waals surface area contributed by atoms with Crippen molar-refractivity contribution in [3.05, 3.63) is 41.0 Å². The highest BCUT2D eigenvalue weighted by atomic mass is 32.1. The molecule has 140 valence electrons. The molecule has 3 aromatic rings. The zero-order valence-electron chi connectivity index (χ0n) is 14.7. The van der Waals surface area contributed by atoms with Gasteiger partial charge in [0.1, 0.15) is 5.75 Å². The van der Waals surface area contributed by atoms with E-state index in [-0.39, 0.29) is 29.9 Å². The van der Waals surface area contributed by atoms with Gasteiger partial charge in [0.2, 0.25) is 11.0 Å². The van der Waals surface area contributed by atoms with Gasteiger partial charge in [0, 0.05) is 10.9 Å². The summed E-state index contributed by atoms with van der Waals surface area (Å²) < 4.78 is 15.3. The lowest BCUT2D eigenvalue weighted by Gasteiger charge is -2.00. The number of aliphatic imine (C=N–C) groups is 1. The van der Waals surface area contributed by atoms with Crippen molar-refractivity contribution >= 4 is 28.7 Å². The van der Waals surface area contributed by atoms with E-state index in [1.165, 1.54) is 17.6 Å². The molecule has 0 saturated heterocycles. The minimum absolute atomic E-state index is 0.0923. The van der Waals surface area contributed by atoms with Crippen molar-refractivity contribution in [2.24, 2.45) is 4.99 Å². The molecule has 0 atom stereocenters.